The predicted octanol–water partition coefficient (Wildman–Crippen LogP) is 1.04. The molecule has 0 aromatic carbocycles. The summed E-state index contributed by atoms with van der Waals surface area (Å²) in [6.07, 6.45) is 0. The molecule has 0 aliphatic carbocycles. The zero-order chi connectivity index (χ0) is 6.57. The van der Waals surface area contributed by atoms with Crippen LogP contribution in [0.25, 0.3) is 0 Å². The SMILES string of the molecule is O/N=C(Cl)\C(Cl)=N/O. The fourth-order valence-corrected chi connectivity index (χ4v) is 0.158. The number of hydrogen-bond donors (Lipinski definition) is 2. The maximum Gasteiger partial charge on any atom is 0.208 e. The molecule has 0 saturated heterocycles. The third-order valence-electron chi connectivity index (χ3n) is 0.346. The molecule has 0 radical (unpaired) electrons. The van der Waals surface area contributed by atoms with Gasteiger partial charge < -0.3 is 10.4 Å². The topological polar surface area (TPSA) is 65.2 Å². The Balaban J connectivity index is 4.04. The highest BCUT2D eigenvalue weighted by Crippen LogP contribution is 1.93. The van der Waals surface area contributed by atoms with Gasteiger partial charge >= 0.3 is 0 Å². The molecule has 0 rings (SSSR count). The maximum atomic E-state index is 7.82. The van der Waals surface area contributed by atoms with Crippen molar-refractivity contribution in [3.05, 3.63) is 0 Å². The van der Waals surface area contributed by atoms with Crippen molar-refractivity contribution in [2.75, 3.05) is 0 Å². The average Bonchev–Trinajstić information content (AvgIpc) is 1.84. The van der Waals surface area contributed by atoms with Crippen molar-refractivity contribution in [2.45, 2.75) is 0 Å². The molecule has 2 N–H and O–H groups in total. The first-order valence-corrected chi connectivity index (χ1v) is 2.23. The largest absolute Gasteiger partial charge is 0.410 e. The molecular formula is C2H2Cl2N2O2. The lowest BCUT2D eigenvalue weighted by Gasteiger charge is -1.83. The van der Waals surface area contributed by atoms with Crippen LogP contribution in [0.4, 0.5) is 0 Å². The van der Waals surface area contributed by atoms with E-state index in [1.807, 2.05) is 0 Å². The molecule has 0 unspecified atom stereocenters. The van der Waals surface area contributed by atoms with E-state index in [-0.39, 0.29) is 0 Å². The highest BCUT2D eigenvalue weighted by atomic mass is 35.5. The molecule has 0 bridgehead atoms. The van der Waals surface area contributed by atoms with Crippen LogP contribution in [0.3, 0.4) is 0 Å². The van der Waals surface area contributed by atoms with Crippen LogP contribution in [-0.4, -0.2) is 20.8 Å². The van der Waals surface area contributed by atoms with Crippen molar-refractivity contribution in [1.82, 2.24) is 0 Å². The number of halogens is 2. The molecule has 0 amide bonds. The van der Waals surface area contributed by atoms with Gasteiger partial charge in [-0.2, -0.15) is 0 Å². The normalized spacial score (nSPS) is 14.2. The van der Waals surface area contributed by atoms with Crippen LogP contribution in [0, 0.1) is 0 Å². The summed E-state index contributed by atoms with van der Waals surface area (Å²) in [5, 5.41) is 19.6. The minimum Gasteiger partial charge on any atom is -0.410 e. The molecule has 4 nitrogen and oxygen atoms in total. The Bertz CT molecular complexity index is 116. The first kappa shape index (κ1) is 7.52. The second-order valence-corrected chi connectivity index (χ2v) is 1.50. The Morgan fingerprint density at radius 3 is 1.38 bits per heavy atom. The maximum absolute atomic E-state index is 7.82. The Kier molecular flexibility index (Phi) is 3.30. The summed E-state index contributed by atoms with van der Waals surface area (Å²) in [6, 6.07) is 0. The molecule has 0 saturated carbocycles. The molecule has 6 heteroatoms. The van der Waals surface area contributed by atoms with Gasteiger partial charge in [-0.15, -0.1) is 0 Å². The van der Waals surface area contributed by atoms with Crippen molar-refractivity contribution in [3.8, 4) is 0 Å². The number of nitrogens with zero attached hydrogens (tertiary/aromatic N) is 2. The zero-order valence-electron chi connectivity index (χ0n) is 3.54. The number of hydrogen-bond acceptors (Lipinski definition) is 4. The predicted molar refractivity (Wildman–Crippen MR) is 30.1 cm³/mol. The Morgan fingerprint density at radius 1 is 1.00 bits per heavy atom. The average molecular weight is 157 g/mol. The highest BCUT2D eigenvalue weighted by Gasteiger charge is 2.00. The van der Waals surface area contributed by atoms with Gasteiger partial charge in [0.15, 0.2) is 0 Å². The first-order valence-electron chi connectivity index (χ1n) is 1.48. The van der Waals surface area contributed by atoms with E-state index in [0.29, 0.717) is 0 Å². The third kappa shape index (κ3) is 1.99. The van der Waals surface area contributed by atoms with Crippen LogP contribution in [0.1, 0.15) is 0 Å². The molecule has 0 spiro atoms. The van der Waals surface area contributed by atoms with Crippen LogP contribution >= 0.6 is 23.2 Å². The van der Waals surface area contributed by atoms with Crippen LogP contribution < -0.4 is 0 Å². The standard InChI is InChI=1S/C2H2Cl2N2O2/c3-1(5-7)2(4)6-8/h7-8H/b5-1+,6-2+. The summed E-state index contributed by atoms with van der Waals surface area (Å²) >= 11 is 9.99. The van der Waals surface area contributed by atoms with Gasteiger partial charge in [0.1, 0.15) is 0 Å². The van der Waals surface area contributed by atoms with E-state index in [1.165, 1.54) is 0 Å². The lowest BCUT2D eigenvalue weighted by atomic mass is 10.8. The summed E-state index contributed by atoms with van der Waals surface area (Å²) < 4.78 is 0. The van der Waals surface area contributed by atoms with Crippen molar-refractivity contribution < 1.29 is 10.4 Å². The van der Waals surface area contributed by atoms with E-state index in [2.05, 4.69) is 10.3 Å². The molecule has 0 atom stereocenters. The minimum absolute atomic E-state index is 0.450. The molecule has 0 aliphatic heterocycles. The van der Waals surface area contributed by atoms with Crippen molar-refractivity contribution in [1.29, 1.82) is 0 Å². The summed E-state index contributed by atoms with van der Waals surface area (Å²) in [4.78, 5) is 0. The van der Waals surface area contributed by atoms with Gasteiger partial charge in [-0.1, -0.05) is 33.5 Å². The summed E-state index contributed by atoms with van der Waals surface area (Å²) in [5.74, 6) is 0. The minimum atomic E-state index is -0.450. The zero-order valence-corrected chi connectivity index (χ0v) is 5.06. The van der Waals surface area contributed by atoms with Crippen LogP contribution in [0.5, 0.6) is 0 Å². The molecule has 46 valence electrons. The van der Waals surface area contributed by atoms with Gasteiger partial charge in [0.2, 0.25) is 10.3 Å². The van der Waals surface area contributed by atoms with E-state index in [4.69, 9.17) is 33.6 Å². The lowest BCUT2D eigenvalue weighted by Crippen LogP contribution is -1.97. The second-order valence-electron chi connectivity index (χ2n) is 0.782. The summed E-state index contributed by atoms with van der Waals surface area (Å²) in [5.41, 5.74) is 0. The molecule has 0 fully saturated rings. The quantitative estimate of drug-likeness (QED) is 0.339. The third-order valence-corrected chi connectivity index (χ3v) is 0.952. The molecule has 8 heavy (non-hydrogen) atoms. The van der Waals surface area contributed by atoms with Gasteiger partial charge in [-0.25, -0.2) is 0 Å². The van der Waals surface area contributed by atoms with Crippen LogP contribution in [0.2, 0.25) is 0 Å². The van der Waals surface area contributed by atoms with E-state index in [0.717, 1.165) is 0 Å². The van der Waals surface area contributed by atoms with E-state index in [1.54, 1.807) is 0 Å². The molecule has 0 aromatic rings. The molecular weight excluding hydrogens is 155 g/mol. The van der Waals surface area contributed by atoms with Crippen LogP contribution in [-0.2, 0) is 0 Å². The van der Waals surface area contributed by atoms with E-state index < -0.39 is 10.3 Å². The van der Waals surface area contributed by atoms with Gasteiger partial charge in [-0.3, -0.25) is 0 Å². The Morgan fingerprint density at radius 2 is 1.25 bits per heavy atom. The van der Waals surface area contributed by atoms with Crippen LogP contribution in [0.15, 0.2) is 10.3 Å². The number of rotatable bonds is 1. The second kappa shape index (κ2) is 3.51. The van der Waals surface area contributed by atoms with Crippen molar-refractivity contribution in [3.63, 3.8) is 0 Å². The fourth-order valence-electron chi connectivity index (χ4n) is 0.0825. The molecule has 0 heterocycles. The van der Waals surface area contributed by atoms with E-state index in [9.17, 15) is 0 Å². The Hall–Kier alpha value is -0.480. The number of oxime groups is 2. The molecule has 0 aliphatic rings. The first-order chi connectivity index (χ1) is 3.72. The summed E-state index contributed by atoms with van der Waals surface area (Å²) in [6.45, 7) is 0. The fraction of sp³-hybridized carbons (Fsp3) is 0. The monoisotopic (exact) mass is 156 g/mol. The summed E-state index contributed by atoms with van der Waals surface area (Å²) in [7, 11) is 0. The van der Waals surface area contributed by atoms with Crippen molar-refractivity contribution >= 4 is 33.5 Å². The lowest BCUT2D eigenvalue weighted by molar-refractivity contribution is 0.316. The van der Waals surface area contributed by atoms with Gasteiger partial charge in [0.05, 0.1) is 0 Å². The molecule has 0 aromatic heterocycles. The van der Waals surface area contributed by atoms with Gasteiger partial charge in [0.25, 0.3) is 0 Å². The highest BCUT2D eigenvalue weighted by molar-refractivity contribution is 7.00. The smallest absolute Gasteiger partial charge is 0.208 e. The van der Waals surface area contributed by atoms with E-state index >= 15 is 0 Å². The van der Waals surface area contributed by atoms with Crippen molar-refractivity contribution in [2.24, 2.45) is 10.3 Å². The Labute approximate surface area is 55.0 Å². The van der Waals surface area contributed by atoms with Gasteiger partial charge in [-0.05, 0) is 0 Å². The van der Waals surface area contributed by atoms with Gasteiger partial charge in [0, 0.05) is 0 Å².